The molecule has 1 rings (SSSR count). The molecule has 1 aromatic rings. The van der Waals surface area contributed by atoms with Crippen molar-refractivity contribution >= 4 is 17.8 Å². The molecule has 0 saturated heterocycles. The normalized spacial score (nSPS) is 12.3. The summed E-state index contributed by atoms with van der Waals surface area (Å²) in [7, 11) is 0. The molecule has 0 aliphatic carbocycles. The Morgan fingerprint density at radius 2 is 1.84 bits per heavy atom. The standard InChI is InChI=1S/C25H36N2O5/c1-3-5-6-10-14-24(30)32-16-15-26-25(31)21(11-4-2)18-23(29)27-22(19-28)17-20-12-8-7-9-13-20/h3-4,7-9,12-13,21-22,28H,1-2,5-6,10-11,14-19H2,(H,26,31)(H,27,29)/t21-,22-/m1/s1. The summed E-state index contributed by atoms with van der Waals surface area (Å²) in [5.74, 6) is -1.49. The Labute approximate surface area is 190 Å². The number of hydrogen-bond acceptors (Lipinski definition) is 5. The first-order valence-corrected chi connectivity index (χ1v) is 11.1. The van der Waals surface area contributed by atoms with E-state index in [0.717, 1.165) is 24.8 Å². The van der Waals surface area contributed by atoms with Gasteiger partial charge in [-0.2, -0.15) is 0 Å². The third kappa shape index (κ3) is 12.1. The molecule has 2 amide bonds. The van der Waals surface area contributed by atoms with Gasteiger partial charge in [0.15, 0.2) is 0 Å². The maximum Gasteiger partial charge on any atom is 0.305 e. The Hall–Kier alpha value is -2.93. The molecule has 176 valence electrons. The molecular formula is C25H36N2O5. The molecule has 0 aliphatic rings. The molecule has 7 nitrogen and oxygen atoms in total. The average Bonchev–Trinajstić information content (AvgIpc) is 2.79. The minimum atomic E-state index is -0.585. The number of nitrogens with one attached hydrogen (secondary N) is 2. The zero-order valence-electron chi connectivity index (χ0n) is 18.8. The predicted molar refractivity (Wildman–Crippen MR) is 125 cm³/mol. The van der Waals surface area contributed by atoms with Crippen LogP contribution in [-0.4, -0.2) is 48.7 Å². The topological polar surface area (TPSA) is 105 Å². The van der Waals surface area contributed by atoms with Crippen LogP contribution in [0.4, 0.5) is 0 Å². The van der Waals surface area contributed by atoms with Crippen molar-refractivity contribution in [2.24, 2.45) is 5.92 Å². The zero-order valence-corrected chi connectivity index (χ0v) is 18.8. The molecule has 0 unspecified atom stereocenters. The molecule has 0 bridgehead atoms. The van der Waals surface area contributed by atoms with Crippen molar-refractivity contribution < 1.29 is 24.2 Å². The lowest BCUT2D eigenvalue weighted by atomic mass is 9.99. The van der Waals surface area contributed by atoms with Crippen molar-refractivity contribution in [1.82, 2.24) is 10.6 Å². The van der Waals surface area contributed by atoms with E-state index in [1.807, 2.05) is 36.4 Å². The number of amides is 2. The number of esters is 1. The van der Waals surface area contributed by atoms with E-state index in [2.05, 4.69) is 23.8 Å². The molecule has 0 saturated carbocycles. The fourth-order valence-electron chi connectivity index (χ4n) is 3.17. The Bertz CT molecular complexity index is 720. The SMILES string of the molecule is C=CCCCCC(=O)OCCNC(=O)[C@H](CC=C)CC(=O)N[C@@H](CO)Cc1ccccc1. The third-order valence-electron chi connectivity index (χ3n) is 4.87. The first kappa shape index (κ1) is 27.1. The van der Waals surface area contributed by atoms with E-state index in [4.69, 9.17) is 4.74 Å². The predicted octanol–water partition coefficient (Wildman–Crippen LogP) is 2.69. The maximum absolute atomic E-state index is 12.5. The van der Waals surface area contributed by atoms with Crippen LogP contribution < -0.4 is 10.6 Å². The monoisotopic (exact) mass is 444 g/mol. The van der Waals surface area contributed by atoms with Gasteiger partial charge in [-0.15, -0.1) is 13.2 Å². The van der Waals surface area contributed by atoms with E-state index in [0.29, 0.717) is 19.3 Å². The largest absolute Gasteiger partial charge is 0.464 e. The summed E-state index contributed by atoms with van der Waals surface area (Å²) in [5.41, 5.74) is 1.00. The Morgan fingerprint density at radius 1 is 1.09 bits per heavy atom. The lowest BCUT2D eigenvalue weighted by Gasteiger charge is -2.19. The number of unbranched alkanes of at least 4 members (excludes halogenated alkanes) is 2. The highest BCUT2D eigenvalue weighted by atomic mass is 16.5. The van der Waals surface area contributed by atoms with E-state index in [1.165, 1.54) is 0 Å². The van der Waals surface area contributed by atoms with E-state index in [1.54, 1.807) is 6.08 Å². The summed E-state index contributed by atoms with van der Waals surface area (Å²) in [4.78, 5) is 36.6. The lowest BCUT2D eigenvalue weighted by Crippen LogP contribution is -2.42. The molecule has 3 N–H and O–H groups in total. The number of carbonyl (C=O) groups is 3. The molecule has 0 spiro atoms. The van der Waals surface area contributed by atoms with Crippen LogP contribution in [0.2, 0.25) is 0 Å². The first-order chi connectivity index (χ1) is 15.5. The second kappa shape index (κ2) is 16.7. The second-order valence-electron chi connectivity index (χ2n) is 7.61. The summed E-state index contributed by atoms with van der Waals surface area (Å²) in [6.45, 7) is 7.36. The highest BCUT2D eigenvalue weighted by Gasteiger charge is 2.22. The molecule has 2 atom stereocenters. The molecule has 0 aliphatic heterocycles. The minimum Gasteiger partial charge on any atom is -0.464 e. The quantitative estimate of drug-likeness (QED) is 0.195. The molecular weight excluding hydrogens is 408 g/mol. The van der Waals surface area contributed by atoms with E-state index >= 15 is 0 Å². The van der Waals surface area contributed by atoms with Crippen LogP contribution in [0.1, 0.15) is 44.1 Å². The number of hydrogen-bond donors (Lipinski definition) is 3. The van der Waals surface area contributed by atoms with Crippen LogP contribution in [0, 0.1) is 5.92 Å². The van der Waals surface area contributed by atoms with Gasteiger partial charge >= 0.3 is 5.97 Å². The molecule has 0 aromatic heterocycles. The Morgan fingerprint density at radius 3 is 2.50 bits per heavy atom. The Kier molecular flexibility index (Phi) is 14.2. The first-order valence-electron chi connectivity index (χ1n) is 11.1. The average molecular weight is 445 g/mol. The van der Waals surface area contributed by atoms with Gasteiger partial charge in [0.05, 0.1) is 25.1 Å². The Balaban J connectivity index is 2.39. The van der Waals surface area contributed by atoms with Crippen molar-refractivity contribution in [3.8, 4) is 0 Å². The zero-order chi connectivity index (χ0) is 23.6. The smallest absolute Gasteiger partial charge is 0.305 e. The molecule has 0 heterocycles. The van der Waals surface area contributed by atoms with Crippen LogP contribution in [-0.2, 0) is 25.5 Å². The van der Waals surface area contributed by atoms with Crippen molar-refractivity contribution in [2.75, 3.05) is 19.8 Å². The van der Waals surface area contributed by atoms with Gasteiger partial charge in [0.25, 0.3) is 0 Å². The fraction of sp³-hybridized carbons (Fsp3) is 0.480. The maximum atomic E-state index is 12.5. The number of benzene rings is 1. The summed E-state index contributed by atoms with van der Waals surface area (Å²) in [5, 5.41) is 15.1. The molecule has 0 radical (unpaired) electrons. The van der Waals surface area contributed by atoms with E-state index in [-0.39, 0.29) is 44.0 Å². The van der Waals surface area contributed by atoms with Gasteiger partial charge in [-0.3, -0.25) is 14.4 Å². The number of ether oxygens (including phenoxy) is 1. The summed E-state index contributed by atoms with van der Waals surface area (Å²) >= 11 is 0. The third-order valence-corrected chi connectivity index (χ3v) is 4.87. The van der Waals surface area contributed by atoms with Crippen LogP contribution in [0.5, 0.6) is 0 Å². The lowest BCUT2D eigenvalue weighted by molar-refractivity contribution is -0.144. The fourth-order valence-corrected chi connectivity index (χ4v) is 3.17. The van der Waals surface area contributed by atoms with Crippen molar-refractivity contribution in [2.45, 2.75) is 51.0 Å². The van der Waals surface area contributed by atoms with Crippen molar-refractivity contribution in [3.05, 3.63) is 61.2 Å². The molecule has 7 heteroatoms. The summed E-state index contributed by atoms with van der Waals surface area (Å²) in [6, 6.07) is 9.13. The van der Waals surface area contributed by atoms with Crippen LogP contribution >= 0.6 is 0 Å². The van der Waals surface area contributed by atoms with Crippen molar-refractivity contribution in [1.29, 1.82) is 0 Å². The molecule has 0 fully saturated rings. The van der Waals surface area contributed by atoms with Gasteiger partial charge in [0.1, 0.15) is 6.61 Å². The number of rotatable bonds is 17. The van der Waals surface area contributed by atoms with E-state index in [9.17, 15) is 19.5 Å². The van der Waals surface area contributed by atoms with Crippen LogP contribution in [0.25, 0.3) is 0 Å². The van der Waals surface area contributed by atoms with Gasteiger partial charge in [-0.25, -0.2) is 0 Å². The summed E-state index contributed by atoms with van der Waals surface area (Å²) < 4.78 is 5.11. The number of allylic oxidation sites excluding steroid dienone is 2. The van der Waals surface area contributed by atoms with Gasteiger partial charge in [-0.1, -0.05) is 42.5 Å². The van der Waals surface area contributed by atoms with Gasteiger partial charge in [0, 0.05) is 12.8 Å². The summed E-state index contributed by atoms with van der Waals surface area (Å²) in [6.07, 6.45) is 7.07. The number of carbonyl (C=O) groups excluding carboxylic acids is 3. The minimum absolute atomic E-state index is 0.0216. The van der Waals surface area contributed by atoms with Crippen LogP contribution in [0.15, 0.2) is 55.6 Å². The molecule has 1 aromatic carbocycles. The van der Waals surface area contributed by atoms with Gasteiger partial charge < -0.3 is 20.5 Å². The van der Waals surface area contributed by atoms with Gasteiger partial charge in [-0.05, 0) is 37.7 Å². The highest BCUT2D eigenvalue weighted by Crippen LogP contribution is 2.11. The van der Waals surface area contributed by atoms with Crippen molar-refractivity contribution in [3.63, 3.8) is 0 Å². The van der Waals surface area contributed by atoms with E-state index < -0.39 is 12.0 Å². The number of aliphatic hydroxyl groups is 1. The van der Waals surface area contributed by atoms with Crippen LogP contribution in [0.3, 0.4) is 0 Å². The number of aliphatic hydroxyl groups excluding tert-OH is 1. The van der Waals surface area contributed by atoms with Gasteiger partial charge in [0.2, 0.25) is 11.8 Å². The molecule has 32 heavy (non-hydrogen) atoms. The second-order valence-corrected chi connectivity index (χ2v) is 7.61. The highest BCUT2D eigenvalue weighted by molar-refractivity contribution is 5.86.